The van der Waals surface area contributed by atoms with Gasteiger partial charge in [0.15, 0.2) is 0 Å². The SMILES string of the molecule is Fc1ccc(NN=Cc2cccc(OCc3c(Cl)cccc3Cl)c2)cc1. The maximum Gasteiger partial charge on any atom is 0.123 e. The third kappa shape index (κ3) is 4.97. The smallest absolute Gasteiger partial charge is 0.123 e. The van der Waals surface area contributed by atoms with Crippen molar-refractivity contribution in [1.82, 2.24) is 0 Å². The van der Waals surface area contributed by atoms with Crippen LogP contribution in [0.3, 0.4) is 0 Å². The summed E-state index contributed by atoms with van der Waals surface area (Å²) in [7, 11) is 0. The van der Waals surface area contributed by atoms with Crippen molar-refractivity contribution in [3.8, 4) is 5.75 Å². The standard InChI is InChI=1S/C20H15Cl2FN2O/c21-19-5-2-6-20(22)18(19)13-26-17-4-1-3-14(11-17)12-24-25-16-9-7-15(23)8-10-16/h1-12,25H,13H2. The predicted molar refractivity (Wildman–Crippen MR) is 105 cm³/mol. The minimum Gasteiger partial charge on any atom is -0.489 e. The van der Waals surface area contributed by atoms with Gasteiger partial charge in [-0.2, -0.15) is 5.10 Å². The van der Waals surface area contributed by atoms with Crippen LogP contribution in [-0.4, -0.2) is 6.21 Å². The van der Waals surface area contributed by atoms with Crippen molar-refractivity contribution in [2.45, 2.75) is 6.61 Å². The van der Waals surface area contributed by atoms with Gasteiger partial charge in [-0.3, -0.25) is 5.43 Å². The molecule has 0 amide bonds. The number of hydrogen-bond acceptors (Lipinski definition) is 3. The monoisotopic (exact) mass is 388 g/mol. The van der Waals surface area contributed by atoms with Gasteiger partial charge in [-0.1, -0.05) is 41.4 Å². The summed E-state index contributed by atoms with van der Waals surface area (Å²) in [5, 5.41) is 5.27. The molecule has 0 heterocycles. The molecule has 0 atom stereocenters. The van der Waals surface area contributed by atoms with E-state index >= 15 is 0 Å². The zero-order chi connectivity index (χ0) is 18.4. The number of nitrogens with zero attached hydrogens (tertiary/aromatic N) is 1. The maximum atomic E-state index is 12.9. The van der Waals surface area contributed by atoms with Crippen LogP contribution < -0.4 is 10.2 Å². The molecule has 0 spiro atoms. The van der Waals surface area contributed by atoms with E-state index in [1.54, 1.807) is 36.5 Å². The Morgan fingerprint density at radius 3 is 2.38 bits per heavy atom. The lowest BCUT2D eigenvalue weighted by molar-refractivity contribution is 0.306. The fraction of sp³-hybridized carbons (Fsp3) is 0.0500. The Balaban J connectivity index is 1.62. The van der Waals surface area contributed by atoms with E-state index in [1.807, 2.05) is 24.3 Å². The first-order valence-electron chi connectivity index (χ1n) is 7.82. The van der Waals surface area contributed by atoms with Crippen LogP contribution in [0.1, 0.15) is 11.1 Å². The predicted octanol–water partition coefficient (Wildman–Crippen LogP) is 6.16. The van der Waals surface area contributed by atoms with Crippen molar-refractivity contribution in [1.29, 1.82) is 0 Å². The lowest BCUT2D eigenvalue weighted by atomic mass is 10.2. The number of hydrazone groups is 1. The normalized spacial score (nSPS) is 10.9. The Morgan fingerprint density at radius 1 is 0.962 bits per heavy atom. The Kier molecular flexibility index (Phi) is 6.10. The Labute approximate surface area is 161 Å². The van der Waals surface area contributed by atoms with Gasteiger partial charge < -0.3 is 4.74 Å². The molecule has 0 aromatic heterocycles. The number of rotatable bonds is 6. The highest BCUT2D eigenvalue weighted by Crippen LogP contribution is 2.26. The van der Waals surface area contributed by atoms with Gasteiger partial charge in [0.05, 0.1) is 11.9 Å². The number of anilines is 1. The molecule has 0 fully saturated rings. The van der Waals surface area contributed by atoms with E-state index in [9.17, 15) is 4.39 Å². The van der Waals surface area contributed by atoms with E-state index in [-0.39, 0.29) is 12.4 Å². The second kappa shape index (κ2) is 8.70. The van der Waals surface area contributed by atoms with Crippen molar-refractivity contribution < 1.29 is 9.13 Å². The van der Waals surface area contributed by atoms with Gasteiger partial charge in [-0.05, 0) is 54.1 Å². The first-order chi connectivity index (χ1) is 12.6. The van der Waals surface area contributed by atoms with Gasteiger partial charge >= 0.3 is 0 Å². The van der Waals surface area contributed by atoms with Crippen LogP contribution in [-0.2, 0) is 6.61 Å². The maximum absolute atomic E-state index is 12.9. The quantitative estimate of drug-likeness (QED) is 0.405. The van der Waals surface area contributed by atoms with Gasteiger partial charge in [0, 0.05) is 15.6 Å². The molecule has 0 saturated heterocycles. The highest BCUT2D eigenvalue weighted by molar-refractivity contribution is 6.35. The molecule has 3 aromatic carbocycles. The summed E-state index contributed by atoms with van der Waals surface area (Å²) in [6.45, 7) is 0.271. The van der Waals surface area contributed by atoms with Crippen molar-refractivity contribution >= 4 is 35.1 Å². The Bertz CT molecular complexity index is 894. The number of ether oxygens (including phenoxy) is 1. The van der Waals surface area contributed by atoms with E-state index in [0.717, 1.165) is 11.1 Å². The number of halogens is 3. The molecule has 0 aliphatic heterocycles. The zero-order valence-corrected chi connectivity index (χ0v) is 15.1. The average Bonchev–Trinajstić information content (AvgIpc) is 2.63. The van der Waals surface area contributed by atoms with E-state index in [1.165, 1.54) is 12.1 Å². The molecule has 3 rings (SSSR count). The van der Waals surface area contributed by atoms with Crippen molar-refractivity contribution in [3.63, 3.8) is 0 Å². The molecule has 3 aromatic rings. The summed E-state index contributed by atoms with van der Waals surface area (Å²) < 4.78 is 18.6. The lowest BCUT2D eigenvalue weighted by Crippen LogP contribution is -1.98. The van der Waals surface area contributed by atoms with E-state index in [4.69, 9.17) is 27.9 Å². The largest absolute Gasteiger partial charge is 0.489 e. The first kappa shape index (κ1) is 18.2. The minimum absolute atomic E-state index is 0.271. The summed E-state index contributed by atoms with van der Waals surface area (Å²) >= 11 is 12.3. The summed E-state index contributed by atoms with van der Waals surface area (Å²) in [6, 6.07) is 18.7. The van der Waals surface area contributed by atoms with Gasteiger partial charge in [0.1, 0.15) is 18.2 Å². The molecular formula is C20H15Cl2FN2O. The van der Waals surface area contributed by atoms with E-state index < -0.39 is 0 Å². The Hall–Kier alpha value is -2.56. The fourth-order valence-electron chi connectivity index (χ4n) is 2.22. The summed E-state index contributed by atoms with van der Waals surface area (Å²) in [5.74, 6) is 0.384. The first-order valence-corrected chi connectivity index (χ1v) is 8.58. The topological polar surface area (TPSA) is 33.6 Å². The summed E-state index contributed by atoms with van der Waals surface area (Å²) in [4.78, 5) is 0. The molecular weight excluding hydrogens is 374 g/mol. The summed E-state index contributed by atoms with van der Waals surface area (Å²) in [6.07, 6.45) is 1.65. The van der Waals surface area contributed by atoms with Gasteiger partial charge in [0.25, 0.3) is 0 Å². The molecule has 0 radical (unpaired) electrons. The number of nitrogens with one attached hydrogen (secondary N) is 1. The average molecular weight is 389 g/mol. The second-order valence-corrected chi connectivity index (χ2v) is 6.25. The van der Waals surface area contributed by atoms with Crippen LogP contribution >= 0.6 is 23.2 Å². The van der Waals surface area contributed by atoms with Crippen LogP contribution in [0, 0.1) is 5.82 Å². The highest BCUT2D eigenvalue weighted by Gasteiger charge is 2.06. The van der Waals surface area contributed by atoms with Crippen molar-refractivity contribution in [2.75, 3.05) is 5.43 Å². The van der Waals surface area contributed by atoms with Crippen molar-refractivity contribution in [3.05, 3.63) is 93.7 Å². The molecule has 0 aliphatic carbocycles. The minimum atomic E-state index is -0.289. The van der Waals surface area contributed by atoms with Crippen LogP contribution in [0.4, 0.5) is 10.1 Å². The highest BCUT2D eigenvalue weighted by atomic mass is 35.5. The molecule has 132 valence electrons. The van der Waals surface area contributed by atoms with Crippen LogP contribution in [0.5, 0.6) is 5.75 Å². The van der Waals surface area contributed by atoms with Gasteiger partial charge in [-0.15, -0.1) is 0 Å². The number of hydrogen-bond donors (Lipinski definition) is 1. The van der Waals surface area contributed by atoms with E-state index in [0.29, 0.717) is 21.5 Å². The summed E-state index contributed by atoms with van der Waals surface area (Å²) in [5.41, 5.74) is 5.13. The second-order valence-electron chi connectivity index (χ2n) is 5.44. The van der Waals surface area contributed by atoms with Gasteiger partial charge in [0.2, 0.25) is 0 Å². The third-order valence-electron chi connectivity index (χ3n) is 3.55. The molecule has 0 aliphatic rings. The van der Waals surface area contributed by atoms with E-state index in [2.05, 4.69) is 10.5 Å². The molecule has 26 heavy (non-hydrogen) atoms. The molecule has 1 N–H and O–H groups in total. The van der Waals surface area contributed by atoms with Crippen molar-refractivity contribution in [2.24, 2.45) is 5.10 Å². The van der Waals surface area contributed by atoms with Crippen LogP contribution in [0.2, 0.25) is 10.0 Å². The number of benzene rings is 3. The van der Waals surface area contributed by atoms with Crippen LogP contribution in [0.25, 0.3) is 0 Å². The molecule has 3 nitrogen and oxygen atoms in total. The molecule has 0 bridgehead atoms. The van der Waals surface area contributed by atoms with Gasteiger partial charge in [-0.25, -0.2) is 4.39 Å². The lowest BCUT2D eigenvalue weighted by Gasteiger charge is -2.09. The zero-order valence-electron chi connectivity index (χ0n) is 13.6. The van der Waals surface area contributed by atoms with Crippen LogP contribution in [0.15, 0.2) is 71.8 Å². The molecule has 6 heteroatoms. The third-order valence-corrected chi connectivity index (χ3v) is 4.26. The Morgan fingerprint density at radius 2 is 1.65 bits per heavy atom. The fourth-order valence-corrected chi connectivity index (χ4v) is 2.72. The molecule has 0 unspecified atom stereocenters. The molecule has 0 saturated carbocycles.